The Bertz CT molecular complexity index is 1740. The molecule has 0 saturated carbocycles. The van der Waals surface area contributed by atoms with Crippen molar-refractivity contribution in [3.8, 4) is 29.6 Å². The van der Waals surface area contributed by atoms with Gasteiger partial charge in [-0.15, -0.1) is 6.42 Å². The molecule has 1 amide bonds. The van der Waals surface area contributed by atoms with Gasteiger partial charge in [0.25, 0.3) is 5.91 Å². The van der Waals surface area contributed by atoms with Gasteiger partial charge in [0, 0.05) is 24.4 Å². The summed E-state index contributed by atoms with van der Waals surface area (Å²) in [5.74, 6) is 0.157. The van der Waals surface area contributed by atoms with E-state index in [1.807, 2.05) is 43.3 Å². The summed E-state index contributed by atoms with van der Waals surface area (Å²) in [6.45, 7) is 5.12. The minimum atomic E-state index is -1.59. The van der Waals surface area contributed by atoms with E-state index in [1.165, 1.54) is 33.1 Å². The van der Waals surface area contributed by atoms with Crippen LogP contribution in [0.2, 0.25) is 0 Å². The van der Waals surface area contributed by atoms with Gasteiger partial charge in [-0.1, -0.05) is 42.3 Å². The minimum absolute atomic E-state index is 0.00677. The van der Waals surface area contributed by atoms with Crippen molar-refractivity contribution >= 4 is 28.2 Å². The van der Waals surface area contributed by atoms with E-state index in [1.54, 1.807) is 0 Å². The van der Waals surface area contributed by atoms with Crippen molar-refractivity contribution in [2.75, 3.05) is 13.7 Å². The average molecular weight is 553 g/mol. The highest BCUT2D eigenvalue weighted by Crippen LogP contribution is 2.56. The first-order chi connectivity index (χ1) is 19.6. The molecular formula is C32H28N2O7. The van der Waals surface area contributed by atoms with E-state index < -0.39 is 22.9 Å². The van der Waals surface area contributed by atoms with Crippen LogP contribution in [0.4, 0.5) is 0 Å². The largest absolute Gasteiger partial charge is 0.507 e. The second kappa shape index (κ2) is 10.5. The van der Waals surface area contributed by atoms with Gasteiger partial charge in [-0.05, 0) is 42.7 Å². The fraction of sp³-hybridized carbons (Fsp3) is 0.219. The van der Waals surface area contributed by atoms with Crippen LogP contribution in [0.3, 0.4) is 0 Å². The number of carbonyl (C=O) groups is 3. The average Bonchev–Trinajstić information content (AvgIpc) is 3.25. The number of allylic oxidation sites excluding steroid dienone is 4. The molecule has 208 valence electrons. The van der Waals surface area contributed by atoms with Gasteiger partial charge >= 0.3 is 0 Å². The van der Waals surface area contributed by atoms with Gasteiger partial charge in [0.15, 0.2) is 17.3 Å². The van der Waals surface area contributed by atoms with E-state index in [-0.39, 0.29) is 58.6 Å². The van der Waals surface area contributed by atoms with Gasteiger partial charge < -0.3 is 19.9 Å². The normalized spacial score (nSPS) is 18.6. The number of hydrogen-bond donors (Lipinski definition) is 3. The van der Waals surface area contributed by atoms with E-state index >= 15 is 0 Å². The molecule has 1 heterocycles. The molecule has 1 aliphatic heterocycles. The van der Waals surface area contributed by atoms with Crippen LogP contribution in [0.1, 0.15) is 40.9 Å². The third kappa shape index (κ3) is 4.39. The lowest BCUT2D eigenvalue weighted by Crippen LogP contribution is -2.41. The Hall–Kier alpha value is -5.07. The molecule has 9 heteroatoms. The minimum Gasteiger partial charge on any atom is -0.507 e. The number of nitrogens with one attached hydrogen (secondary N) is 2. The lowest BCUT2D eigenvalue weighted by atomic mass is 9.70. The number of amides is 1. The highest BCUT2D eigenvalue weighted by Gasteiger charge is 2.56. The van der Waals surface area contributed by atoms with E-state index in [0.717, 1.165) is 21.9 Å². The molecule has 5 rings (SSSR count). The van der Waals surface area contributed by atoms with Crippen LogP contribution in [0.25, 0.3) is 10.8 Å². The quantitative estimate of drug-likeness (QED) is 0.133. The van der Waals surface area contributed by atoms with E-state index in [4.69, 9.17) is 20.7 Å². The van der Waals surface area contributed by atoms with Gasteiger partial charge in [0.1, 0.15) is 34.8 Å². The summed E-state index contributed by atoms with van der Waals surface area (Å²) < 4.78 is 11.5. The molecule has 0 fully saturated rings. The monoisotopic (exact) mass is 552 g/mol. The van der Waals surface area contributed by atoms with Crippen molar-refractivity contribution in [2.24, 2.45) is 0 Å². The second-order valence-corrected chi connectivity index (χ2v) is 9.97. The fourth-order valence-electron chi connectivity index (χ4n) is 5.40. The Kier molecular flexibility index (Phi) is 7.03. The van der Waals surface area contributed by atoms with Crippen LogP contribution in [-0.4, -0.2) is 36.3 Å². The molecule has 0 bridgehead atoms. The SMILES string of the molecule is C#CCON/C(C)=C1\C(=O)C=C2Oc3c(C(=O)NCc4c(C)ccc5ccccc45)c(OC)cc(O)c3[C@]2(C)C1=O. The summed E-state index contributed by atoms with van der Waals surface area (Å²) in [4.78, 5) is 45.7. The number of Topliss-reactive ketones (excluding diaryl/α,β-unsaturated/α-hetero) is 1. The topological polar surface area (TPSA) is 123 Å². The molecule has 0 aromatic heterocycles. The molecule has 3 aromatic rings. The first-order valence-corrected chi connectivity index (χ1v) is 12.8. The Balaban J connectivity index is 1.56. The second-order valence-electron chi connectivity index (χ2n) is 9.97. The summed E-state index contributed by atoms with van der Waals surface area (Å²) in [7, 11) is 1.36. The van der Waals surface area contributed by atoms with Crippen molar-refractivity contribution in [1.29, 1.82) is 0 Å². The number of fused-ring (bicyclic) bond motifs is 4. The van der Waals surface area contributed by atoms with E-state index in [2.05, 4.69) is 16.7 Å². The third-order valence-electron chi connectivity index (χ3n) is 7.52. The maximum atomic E-state index is 13.9. The number of ketones is 2. The number of terminal acetylenes is 1. The van der Waals surface area contributed by atoms with Crippen molar-refractivity contribution in [2.45, 2.75) is 32.7 Å². The first-order valence-electron chi connectivity index (χ1n) is 12.8. The number of hydroxylamine groups is 1. The van der Waals surface area contributed by atoms with Crippen molar-refractivity contribution in [3.63, 3.8) is 0 Å². The van der Waals surface area contributed by atoms with Crippen LogP contribution in [0.5, 0.6) is 17.2 Å². The van der Waals surface area contributed by atoms with Crippen molar-refractivity contribution in [1.82, 2.24) is 10.8 Å². The molecule has 1 atom stereocenters. The highest BCUT2D eigenvalue weighted by molar-refractivity contribution is 6.31. The third-order valence-corrected chi connectivity index (χ3v) is 7.52. The summed E-state index contributed by atoms with van der Waals surface area (Å²) in [6, 6.07) is 13.2. The summed E-state index contributed by atoms with van der Waals surface area (Å²) in [6.07, 6.45) is 6.37. The Morgan fingerprint density at radius 2 is 1.95 bits per heavy atom. The number of methoxy groups -OCH3 is 1. The standard InChI is InChI=1S/C32H28N2O7/c1-6-13-40-34-18(3)26-22(35)15-25-32(4,30(26)37)28-23(36)14-24(39-5)27(29(28)41-25)31(38)33-16-21-17(2)11-12-19-9-7-8-10-20(19)21/h1,7-12,14-15,34,36H,13,16H2,2-5H3,(H,33,38)/b26-18+/t32-/m1/s1. The van der Waals surface area contributed by atoms with Crippen molar-refractivity contribution in [3.05, 3.63) is 87.8 Å². The smallest absolute Gasteiger partial charge is 0.259 e. The molecule has 3 N–H and O–H groups in total. The van der Waals surface area contributed by atoms with Crippen LogP contribution in [-0.2, 0) is 26.4 Å². The number of hydrogen-bond acceptors (Lipinski definition) is 8. The zero-order chi connectivity index (χ0) is 29.5. The maximum Gasteiger partial charge on any atom is 0.259 e. The Labute approximate surface area is 236 Å². The number of aromatic hydroxyl groups is 1. The summed E-state index contributed by atoms with van der Waals surface area (Å²) >= 11 is 0. The molecule has 3 aromatic carbocycles. The Morgan fingerprint density at radius 1 is 1.20 bits per heavy atom. The number of aryl methyl sites for hydroxylation is 1. The highest BCUT2D eigenvalue weighted by atomic mass is 16.6. The Morgan fingerprint density at radius 3 is 2.68 bits per heavy atom. The zero-order valence-corrected chi connectivity index (χ0v) is 23.0. The lowest BCUT2D eigenvalue weighted by molar-refractivity contribution is -0.123. The van der Waals surface area contributed by atoms with Gasteiger partial charge in [-0.25, -0.2) is 0 Å². The van der Waals surface area contributed by atoms with Crippen LogP contribution >= 0.6 is 0 Å². The number of rotatable bonds is 7. The lowest BCUT2D eigenvalue weighted by Gasteiger charge is -2.28. The summed E-state index contributed by atoms with van der Waals surface area (Å²) in [5.41, 5.74) is 2.90. The molecule has 0 saturated heterocycles. The molecule has 0 radical (unpaired) electrons. The predicted molar refractivity (Wildman–Crippen MR) is 151 cm³/mol. The zero-order valence-electron chi connectivity index (χ0n) is 23.0. The number of phenolic OH excluding ortho intramolecular Hbond substituents is 1. The first kappa shape index (κ1) is 27.5. The van der Waals surface area contributed by atoms with Crippen molar-refractivity contribution < 1.29 is 33.8 Å². The fourth-order valence-corrected chi connectivity index (χ4v) is 5.40. The maximum absolute atomic E-state index is 13.9. The number of phenols is 1. The number of ether oxygens (including phenoxy) is 2. The molecule has 1 aliphatic carbocycles. The van der Waals surface area contributed by atoms with Gasteiger partial charge in [0.2, 0.25) is 0 Å². The molecule has 0 unspecified atom stereocenters. The van der Waals surface area contributed by atoms with Crippen LogP contribution < -0.4 is 20.3 Å². The predicted octanol–water partition coefficient (Wildman–Crippen LogP) is 3.91. The molecule has 2 aliphatic rings. The van der Waals surface area contributed by atoms with E-state index in [9.17, 15) is 19.5 Å². The number of carbonyl (C=O) groups excluding carboxylic acids is 3. The van der Waals surface area contributed by atoms with Gasteiger partial charge in [-0.3, -0.25) is 24.7 Å². The molecular weight excluding hydrogens is 524 g/mol. The molecule has 0 spiro atoms. The van der Waals surface area contributed by atoms with Gasteiger partial charge in [-0.2, -0.15) is 0 Å². The van der Waals surface area contributed by atoms with Crippen LogP contribution in [0, 0.1) is 19.3 Å². The molecule has 9 nitrogen and oxygen atoms in total. The van der Waals surface area contributed by atoms with Crippen LogP contribution in [0.15, 0.2) is 65.6 Å². The van der Waals surface area contributed by atoms with E-state index in [0.29, 0.717) is 0 Å². The van der Waals surface area contributed by atoms with Gasteiger partial charge in [0.05, 0.1) is 18.2 Å². The number of benzene rings is 3. The summed E-state index contributed by atoms with van der Waals surface area (Å²) in [5, 5.41) is 16.1. The molecule has 41 heavy (non-hydrogen) atoms.